The lowest BCUT2D eigenvalue weighted by Crippen LogP contribution is -2.12. The van der Waals surface area contributed by atoms with Crippen LogP contribution in [0, 0.1) is 5.82 Å². The van der Waals surface area contributed by atoms with Crippen molar-refractivity contribution in [2.75, 3.05) is 5.32 Å². The number of hydrogen-bond donors (Lipinski definition) is 1. The third-order valence-corrected chi connectivity index (χ3v) is 3.13. The molecule has 0 atom stereocenters. The second-order valence-corrected chi connectivity index (χ2v) is 4.55. The number of carbonyl (C=O) groups is 1. The van der Waals surface area contributed by atoms with Crippen LogP contribution in [0.1, 0.15) is 23.0 Å². The summed E-state index contributed by atoms with van der Waals surface area (Å²) in [5.74, 6) is -0.108. The van der Waals surface area contributed by atoms with Crippen molar-refractivity contribution in [1.82, 2.24) is 0 Å². The zero-order chi connectivity index (χ0) is 13.1. The summed E-state index contributed by atoms with van der Waals surface area (Å²) in [5, 5.41) is 2.63. The molecule has 1 N–H and O–H groups in total. The molecule has 3 nitrogen and oxygen atoms in total. The van der Waals surface area contributed by atoms with E-state index in [1.807, 2.05) is 6.92 Å². The number of nitrogens with one attached hydrogen (secondary N) is 1. The van der Waals surface area contributed by atoms with E-state index in [2.05, 4.69) is 21.2 Å². The van der Waals surface area contributed by atoms with Gasteiger partial charge in [0.25, 0.3) is 5.91 Å². The predicted octanol–water partition coefficient (Wildman–Crippen LogP) is 4.00. The molecule has 18 heavy (non-hydrogen) atoms. The molecule has 0 fully saturated rings. The van der Waals surface area contributed by atoms with Crippen molar-refractivity contribution in [2.24, 2.45) is 0 Å². The van der Waals surface area contributed by atoms with Crippen molar-refractivity contribution in [3.63, 3.8) is 0 Å². The van der Waals surface area contributed by atoms with Gasteiger partial charge in [-0.3, -0.25) is 4.79 Å². The number of aryl methyl sites for hydroxylation is 1. The summed E-state index contributed by atoms with van der Waals surface area (Å²) < 4.78 is 18.8. The van der Waals surface area contributed by atoms with Gasteiger partial charge in [-0.1, -0.05) is 6.92 Å². The summed E-state index contributed by atoms with van der Waals surface area (Å²) in [7, 11) is 0. The number of amides is 1. The summed E-state index contributed by atoms with van der Waals surface area (Å²) in [5.41, 5.74) is 0.879. The first kappa shape index (κ1) is 12.8. The zero-order valence-corrected chi connectivity index (χ0v) is 11.3. The van der Waals surface area contributed by atoms with Gasteiger partial charge in [-0.2, -0.15) is 0 Å². The summed E-state index contributed by atoms with van der Waals surface area (Å²) in [4.78, 5) is 11.9. The van der Waals surface area contributed by atoms with E-state index in [0.717, 1.165) is 0 Å². The lowest BCUT2D eigenvalue weighted by Gasteiger charge is -2.05. The Hall–Kier alpha value is -1.62. The zero-order valence-electron chi connectivity index (χ0n) is 9.67. The molecule has 2 rings (SSSR count). The Kier molecular flexibility index (Phi) is 3.81. The quantitative estimate of drug-likeness (QED) is 0.931. The van der Waals surface area contributed by atoms with Crippen LogP contribution in [0.4, 0.5) is 10.1 Å². The highest BCUT2D eigenvalue weighted by Gasteiger charge is 2.13. The van der Waals surface area contributed by atoms with Gasteiger partial charge in [0.2, 0.25) is 0 Å². The van der Waals surface area contributed by atoms with Crippen LogP contribution < -0.4 is 5.32 Å². The van der Waals surface area contributed by atoms with Crippen molar-refractivity contribution in [2.45, 2.75) is 13.3 Å². The van der Waals surface area contributed by atoms with Crippen LogP contribution in [0.25, 0.3) is 0 Å². The summed E-state index contributed by atoms with van der Waals surface area (Å²) in [6, 6.07) is 6.02. The number of carbonyl (C=O) groups excluding carboxylic acids is 1. The topological polar surface area (TPSA) is 42.2 Å². The molecule has 0 aliphatic rings. The molecule has 2 aromatic rings. The second kappa shape index (κ2) is 5.35. The Balaban J connectivity index is 2.19. The first-order valence-corrected chi connectivity index (χ1v) is 6.24. The Morgan fingerprint density at radius 1 is 1.44 bits per heavy atom. The Labute approximate surface area is 112 Å². The number of hydrogen-bond acceptors (Lipinski definition) is 2. The van der Waals surface area contributed by atoms with Gasteiger partial charge in [0.05, 0.1) is 16.3 Å². The molecule has 0 saturated heterocycles. The van der Waals surface area contributed by atoms with Crippen molar-refractivity contribution < 1.29 is 13.6 Å². The molecule has 0 aliphatic heterocycles. The third kappa shape index (κ3) is 2.61. The lowest BCUT2D eigenvalue weighted by molar-refractivity contribution is 0.102. The number of rotatable bonds is 3. The third-order valence-electron chi connectivity index (χ3n) is 2.49. The molecule has 5 heteroatoms. The highest BCUT2D eigenvalue weighted by molar-refractivity contribution is 9.10. The molecule has 0 unspecified atom stereocenters. The van der Waals surface area contributed by atoms with Gasteiger partial charge in [-0.15, -0.1) is 0 Å². The van der Waals surface area contributed by atoms with Crippen LogP contribution in [0.5, 0.6) is 0 Å². The van der Waals surface area contributed by atoms with Crippen molar-refractivity contribution in [3.05, 3.63) is 52.1 Å². The lowest BCUT2D eigenvalue weighted by atomic mass is 10.2. The minimum atomic E-state index is -0.421. The van der Waals surface area contributed by atoms with Gasteiger partial charge in [-0.05, 0) is 40.2 Å². The predicted molar refractivity (Wildman–Crippen MR) is 70.1 cm³/mol. The average molecular weight is 312 g/mol. The molecule has 0 bridgehead atoms. The minimum Gasteiger partial charge on any atom is -0.469 e. The number of furan rings is 1. The van der Waals surface area contributed by atoms with E-state index in [-0.39, 0.29) is 5.91 Å². The van der Waals surface area contributed by atoms with E-state index in [4.69, 9.17) is 4.42 Å². The molecule has 1 aromatic carbocycles. The van der Waals surface area contributed by atoms with Crippen molar-refractivity contribution in [1.29, 1.82) is 0 Å². The molecule has 1 heterocycles. The number of anilines is 1. The summed E-state index contributed by atoms with van der Waals surface area (Å²) in [6.45, 7) is 1.90. The first-order valence-electron chi connectivity index (χ1n) is 5.44. The van der Waals surface area contributed by atoms with E-state index >= 15 is 0 Å². The molecule has 1 amide bonds. The Morgan fingerprint density at radius 2 is 2.22 bits per heavy atom. The molecule has 0 saturated carbocycles. The summed E-state index contributed by atoms with van der Waals surface area (Å²) in [6.07, 6.45) is 2.10. The maximum atomic E-state index is 13.3. The van der Waals surface area contributed by atoms with Gasteiger partial charge < -0.3 is 9.73 Å². The molecule has 94 valence electrons. The van der Waals surface area contributed by atoms with Crippen LogP contribution in [0.3, 0.4) is 0 Å². The van der Waals surface area contributed by atoms with Crippen molar-refractivity contribution >= 4 is 27.5 Å². The monoisotopic (exact) mass is 311 g/mol. The second-order valence-electron chi connectivity index (χ2n) is 3.69. The Bertz CT molecular complexity index is 580. The molecular weight excluding hydrogens is 301 g/mol. The largest absolute Gasteiger partial charge is 0.469 e. The van der Waals surface area contributed by atoms with E-state index in [1.165, 1.54) is 12.3 Å². The van der Waals surface area contributed by atoms with Crippen LogP contribution in [-0.4, -0.2) is 5.91 Å². The molecule has 1 aromatic heterocycles. The van der Waals surface area contributed by atoms with Gasteiger partial charge in [0.1, 0.15) is 11.6 Å². The number of halogens is 2. The molecular formula is C13H11BrFNO2. The fraction of sp³-hybridized carbons (Fsp3) is 0.154. The summed E-state index contributed by atoms with van der Waals surface area (Å²) >= 11 is 3.05. The van der Waals surface area contributed by atoms with E-state index in [9.17, 15) is 9.18 Å². The highest BCUT2D eigenvalue weighted by atomic mass is 79.9. The van der Waals surface area contributed by atoms with Gasteiger partial charge in [0.15, 0.2) is 0 Å². The average Bonchev–Trinajstić information content (AvgIpc) is 2.82. The Morgan fingerprint density at radius 3 is 2.89 bits per heavy atom. The highest BCUT2D eigenvalue weighted by Crippen LogP contribution is 2.20. The standard InChI is InChI=1S/C13H11BrFNO2/c1-2-12-9(5-6-18-12)13(17)16-8-3-4-10(14)11(15)7-8/h3-7H,2H2,1H3,(H,16,17). The minimum absolute atomic E-state index is 0.303. The van der Waals surface area contributed by atoms with Crippen LogP contribution >= 0.6 is 15.9 Å². The normalized spacial score (nSPS) is 10.4. The maximum Gasteiger partial charge on any atom is 0.259 e. The van der Waals surface area contributed by atoms with E-state index in [0.29, 0.717) is 27.9 Å². The van der Waals surface area contributed by atoms with Crippen molar-refractivity contribution in [3.8, 4) is 0 Å². The maximum absolute atomic E-state index is 13.3. The smallest absolute Gasteiger partial charge is 0.259 e. The first-order chi connectivity index (χ1) is 8.61. The fourth-order valence-electron chi connectivity index (χ4n) is 1.59. The van der Waals surface area contributed by atoms with Crippen LogP contribution in [-0.2, 0) is 6.42 Å². The van der Waals surface area contributed by atoms with E-state index < -0.39 is 5.82 Å². The molecule has 0 aliphatic carbocycles. The van der Waals surface area contributed by atoms with E-state index in [1.54, 1.807) is 18.2 Å². The fourth-order valence-corrected chi connectivity index (χ4v) is 1.84. The van der Waals surface area contributed by atoms with Crippen LogP contribution in [0.15, 0.2) is 39.4 Å². The van der Waals surface area contributed by atoms with Gasteiger partial charge in [0, 0.05) is 12.1 Å². The van der Waals surface area contributed by atoms with Gasteiger partial charge in [-0.25, -0.2) is 4.39 Å². The molecule has 0 spiro atoms. The van der Waals surface area contributed by atoms with Gasteiger partial charge >= 0.3 is 0 Å². The number of benzene rings is 1. The SMILES string of the molecule is CCc1occc1C(=O)Nc1ccc(Br)c(F)c1. The molecule has 0 radical (unpaired) electrons. The van der Waals surface area contributed by atoms with Crippen LogP contribution in [0.2, 0.25) is 0 Å².